The molecule has 5 aromatic rings. The fourth-order valence-corrected chi connectivity index (χ4v) is 5.79. The van der Waals surface area contributed by atoms with Crippen molar-refractivity contribution in [3.05, 3.63) is 89.6 Å². The predicted octanol–water partition coefficient (Wildman–Crippen LogP) is 8.74. The highest BCUT2D eigenvalue weighted by atomic mass is 16.3. The highest BCUT2D eigenvalue weighted by Crippen LogP contribution is 2.57. The van der Waals surface area contributed by atoms with E-state index in [1.54, 1.807) is 12.1 Å². The standard InChI is InChI=1S/C34H36NO/c1-21(2)19-34(20-22(3)4)27-12-8-7-11-26(27)31-28(34)17-16-25-24-15-14-23(5)30(32(24)36-33(25)31)29-13-9-10-18-35(29)6/h7-18,21-22H,19-20H2,1-6H3/q+1/i1D3,2D3,3D3,4D3,19D2,21D,22D. The van der Waals surface area contributed by atoms with Crippen molar-refractivity contribution in [2.75, 3.05) is 0 Å². The molecule has 0 saturated heterocycles. The number of hydrogen-bond acceptors (Lipinski definition) is 1. The highest BCUT2D eigenvalue weighted by molar-refractivity contribution is 6.14. The van der Waals surface area contributed by atoms with Crippen molar-refractivity contribution in [2.24, 2.45) is 18.8 Å². The second-order valence-corrected chi connectivity index (χ2v) is 9.40. The molecule has 0 spiro atoms. The highest BCUT2D eigenvalue weighted by Gasteiger charge is 2.45. The molecule has 1 aliphatic rings. The Morgan fingerprint density at radius 2 is 1.58 bits per heavy atom. The number of hydrogen-bond donors (Lipinski definition) is 0. The van der Waals surface area contributed by atoms with Crippen LogP contribution in [0.4, 0.5) is 0 Å². The number of fused-ring (bicyclic) bond motifs is 7. The maximum atomic E-state index is 9.68. The number of benzene rings is 3. The van der Waals surface area contributed by atoms with Gasteiger partial charge in [-0.05, 0) is 59.8 Å². The lowest BCUT2D eigenvalue weighted by Gasteiger charge is -2.35. The van der Waals surface area contributed by atoms with Crippen LogP contribution in [0.25, 0.3) is 44.3 Å². The van der Waals surface area contributed by atoms with E-state index in [9.17, 15) is 2.74 Å². The minimum Gasteiger partial charge on any atom is -0.454 e. The summed E-state index contributed by atoms with van der Waals surface area (Å²) in [4.78, 5) is 0. The number of rotatable bonds is 5. The van der Waals surface area contributed by atoms with Crippen LogP contribution in [-0.4, -0.2) is 0 Å². The van der Waals surface area contributed by atoms with Crippen LogP contribution in [-0.2, 0) is 12.5 Å². The zero-order chi connectivity index (χ0) is 38.8. The van der Waals surface area contributed by atoms with Gasteiger partial charge < -0.3 is 4.42 Å². The Morgan fingerprint density at radius 3 is 2.36 bits per heavy atom. The van der Waals surface area contributed by atoms with E-state index in [-0.39, 0.29) is 27.8 Å². The largest absolute Gasteiger partial charge is 0.454 e. The minimum absolute atomic E-state index is 0.145. The van der Waals surface area contributed by atoms with E-state index in [1.165, 1.54) is 24.3 Å². The van der Waals surface area contributed by atoms with Crippen molar-refractivity contribution >= 4 is 21.9 Å². The molecule has 0 amide bonds. The van der Waals surface area contributed by atoms with E-state index < -0.39 is 57.4 Å². The van der Waals surface area contributed by atoms with Crippen LogP contribution < -0.4 is 4.57 Å². The maximum Gasteiger partial charge on any atom is 0.216 e. The molecule has 0 N–H and O–H groups in total. The van der Waals surface area contributed by atoms with Crippen LogP contribution in [0.3, 0.4) is 0 Å². The molecule has 0 bridgehead atoms. The molecular formula is C34H36NO+. The quantitative estimate of drug-likeness (QED) is 0.225. The molecule has 0 aliphatic heterocycles. The van der Waals surface area contributed by atoms with Crippen molar-refractivity contribution in [1.82, 2.24) is 0 Å². The molecule has 36 heavy (non-hydrogen) atoms. The summed E-state index contributed by atoms with van der Waals surface area (Å²) in [5, 5.41) is 1.19. The molecule has 0 radical (unpaired) electrons. The second-order valence-electron chi connectivity index (χ2n) is 9.40. The van der Waals surface area contributed by atoms with Gasteiger partial charge in [-0.15, -0.1) is 0 Å². The van der Waals surface area contributed by atoms with Crippen molar-refractivity contribution in [1.29, 1.82) is 0 Å². The molecular weight excluding hydrogens is 438 g/mol. The molecule has 1 unspecified atom stereocenters. The third-order valence-electron chi connectivity index (χ3n) is 7.23. The number of aromatic nitrogens is 1. The second kappa shape index (κ2) is 8.34. The van der Waals surface area contributed by atoms with Crippen molar-refractivity contribution < 1.29 is 30.9 Å². The Morgan fingerprint density at radius 1 is 0.861 bits per heavy atom. The fourth-order valence-electron chi connectivity index (χ4n) is 5.79. The molecule has 2 heterocycles. The number of pyridine rings is 1. The summed E-state index contributed by atoms with van der Waals surface area (Å²) < 4.78 is 146. The lowest BCUT2D eigenvalue weighted by Crippen LogP contribution is -2.30. The average molecular weight is 491 g/mol. The van der Waals surface area contributed by atoms with E-state index in [0.29, 0.717) is 16.4 Å². The molecule has 0 saturated carbocycles. The fraction of sp³-hybridized carbons (Fsp3) is 0.324. The maximum absolute atomic E-state index is 9.68. The zero-order valence-corrected chi connectivity index (χ0v) is 20.0. The normalized spacial score (nSPS) is 25.8. The van der Waals surface area contributed by atoms with Gasteiger partial charge >= 0.3 is 0 Å². The molecule has 3 aromatic carbocycles. The van der Waals surface area contributed by atoms with Crippen LogP contribution in [0.15, 0.2) is 77.3 Å². The lowest BCUT2D eigenvalue weighted by molar-refractivity contribution is -0.660. The monoisotopic (exact) mass is 490 g/mol. The first-order valence-corrected chi connectivity index (χ1v) is 11.7. The smallest absolute Gasteiger partial charge is 0.216 e. The van der Waals surface area contributed by atoms with Crippen LogP contribution in [0, 0.1) is 18.7 Å². The first-order valence-electron chi connectivity index (χ1n) is 19.7. The Hall–Kier alpha value is -3.39. The molecule has 0 fully saturated rings. The first-order chi connectivity index (χ1) is 23.7. The SMILES string of the molecule is [2H]C([2H])([2H])C([2H])(CC1(C([2H])([2H])C([2H])(C([2H])([2H])[2H])C([2H])([2H])[2H])c2ccccc2-c2c1ccc1c2oc2c(-c3cccc[n+]3C)c(C)ccc21)C([2H])([2H])[2H]. The lowest BCUT2D eigenvalue weighted by atomic mass is 9.68. The average Bonchev–Trinajstić information content (AvgIpc) is 3.53. The van der Waals surface area contributed by atoms with Crippen LogP contribution >= 0.6 is 0 Å². The summed E-state index contributed by atoms with van der Waals surface area (Å²) in [7, 11) is 1.87. The van der Waals surface area contributed by atoms with Crippen molar-refractivity contribution in [3.8, 4) is 22.4 Å². The molecule has 1 atom stereocenters. The number of aryl methyl sites for hydroxylation is 2. The molecule has 2 heteroatoms. The summed E-state index contributed by atoms with van der Waals surface area (Å²) in [5.41, 5.74) is 0.179. The van der Waals surface area contributed by atoms with Gasteiger partial charge in [0.05, 0.1) is 5.56 Å². The van der Waals surface area contributed by atoms with Gasteiger partial charge in [-0.25, -0.2) is 4.57 Å². The Labute approximate surface area is 237 Å². The van der Waals surface area contributed by atoms with E-state index in [2.05, 4.69) is 0 Å². The topological polar surface area (TPSA) is 17.0 Å². The van der Waals surface area contributed by atoms with Crippen molar-refractivity contribution in [3.63, 3.8) is 0 Å². The summed E-state index contributed by atoms with van der Waals surface area (Å²) in [6.07, 6.45) is -3.36. The van der Waals surface area contributed by atoms with Gasteiger partial charge in [0.15, 0.2) is 6.20 Å². The minimum atomic E-state index is -3.97. The Kier molecular flexibility index (Phi) is 2.62. The Balaban J connectivity index is 1.84. The van der Waals surface area contributed by atoms with Crippen LogP contribution in [0.5, 0.6) is 0 Å². The van der Waals surface area contributed by atoms with Gasteiger partial charge in [0.2, 0.25) is 5.69 Å². The first kappa shape index (κ1) is 11.3. The van der Waals surface area contributed by atoms with Gasteiger partial charge in [0.1, 0.15) is 18.2 Å². The number of furan rings is 1. The third-order valence-corrected chi connectivity index (χ3v) is 7.23. The summed E-state index contributed by atoms with van der Waals surface area (Å²) in [6, 6.07) is 18.2. The zero-order valence-electron chi connectivity index (χ0n) is 36.0. The molecule has 2 nitrogen and oxygen atoms in total. The van der Waals surface area contributed by atoms with Gasteiger partial charge in [0.25, 0.3) is 0 Å². The predicted molar refractivity (Wildman–Crippen MR) is 150 cm³/mol. The van der Waals surface area contributed by atoms with Crippen molar-refractivity contribution in [2.45, 2.75) is 52.5 Å². The van der Waals surface area contributed by atoms with Gasteiger partial charge in [-0.3, -0.25) is 0 Å². The van der Waals surface area contributed by atoms with Crippen LogP contribution in [0.2, 0.25) is 0 Å². The molecule has 2 aromatic heterocycles. The van der Waals surface area contributed by atoms with Crippen LogP contribution in [0.1, 0.15) is 78.8 Å². The van der Waals surface area contributed by atoms with Gasteiger partial charge in [-0.1, -0.05) is 75.9 Å². The van der Waals surface area contributed by atoms with E-state index >= 15 is 0 Å². The Bertz CT molecular complexity index is 2200. The van der Waals surface area contributed by atoms with E-state index in [1.807, 2.05) is 55.1 Å². The summed E-state index contributed by atoms with van der Waals surface area (Å²) in [5.74, 6) is -7.46. The summed E-state index contributed by atoms with van der Waals surface area (Å²) >= 11 is 0. The van der Waals surface area contributed by atoms with E-state index in [4.69, 9.17) is 23.6 Å². The molecule has 182 valence electrons. The number of nitrogens with zero attached hydrogens (tertiary/aromatic N) is 1. The molecule has 6 rings (SSSR count). The third kappa shape index (κ3) is 3.27. The summed E-state index contributed by atoms with van der Waals surface area (Å²) in [6.45, 7) is -13.1. The van der Waals surface area contributed by atoms with E-state index in [0.717, 1.165) is 16.8 Å². The van der Waals surface area contributed by atoms with Gasteiger partial charge in [0, 0.05) is 55.8 Å². The van der Waals surface area contributed by atoms with Gasteiger partial charge in [-0.2, -0.15) is 0 Å². The molecule has 1 aliphatic carbocycles.